The molecule has 3 nitrogen and oxygen atoms in total. The maximum absolute atomic E-state index is 11.2. The number of hydrogen-bond acceptors (Lipinski definition) is 2. The Morgan fingerprint density at radius 3 is 2.92 bits per heavy atom. The summed E-state index contributed by atoms with van der Waals surface area (Å²) in [5, 5.41) is 2.24. The van der Waals surface area contributed by atoms with Gasteiger partial charge in [0.1, 0.15) is 0 Å². The van der Waals surface area contributed by atoms with Gasteiger partial charge < -0.3 is 0 Å². The number of carbonyl (C=O) groups is 2. The Kier molecular flexibility index (Phi) is 3.82. The second-order valence-corrected chi connectivity index (χ2v) is 2.64. The average molecular weight is 199 g/mol. The number of carbonyl (C=O) groups excluding carboxylic acids is 2. The Hall–Kier alpha value is -0.00364. The van der Waals surface area contributed by atoms with E-state index in [0.29, 0.717) is 5.56 Å². The first kappa shape index (κ1) is 11.1. The molecule has 0 radical (unpaired) electrons. The zero-order chi connectivity index (χ0) is 8.55. The van der Waals surface area contributed by atoms with Gasteiger partial charge in [0.05, 0.1) is 0 Å². The number of rotatable bonds is 0. The third kappa shape index (κ3) is 2.27. The van der Waals surface area contributed by atoms with Gasteiger partial charge >= 0.3 is 51.4 Å². The molecule has 1 aromatic rings. The minimum Gasteiger partial charge on any atom is -0.295 e. The molecule has 0 atom stereocenters. The van der Waals surface area contributed by atoms with Gasteiger partial charge in [-0.05, 0) is 0 Å². The largest absolute Gasteiger partial charge is 1.00 e. The summed E-state index contributed by atoms with van der Waals surface area (Å²) in [6, 6.07) is 7.83. The molecule has 0 bridgehead atoms. The van der Waals surface area contributed by atoms with Gasteiger partial charge in [0.25, 0.3) is 0 Å². The molecule has 1 aromatic carbocycles. The van der Waals surface area contributed by atoms with Crippen molar-refractivity contribution in [1.82, 2.24) is 5.32 Å². The van der Waals surface area contributed by atoms with E-state index in [0.717, 1.165) is 5.56 Å². The Labute approximate surface area is 118 Å². The first-order valence-electron chi connectivity index (χ1n) is 3.60. The quantitative estimate of drug-likeness (QED) is 0.281. The Morgan fingerprint density at radius 2 is 2.15 bits per heavy atom. The van der Waals surface area contributed by atoms with Crippen LogP contribution in [0.2, 0.25) is 0 Å². The van der Waals surface area contributed by atoms with Gasteiger partial charge in [-0.2, -0.15) is 24.3 Å². The van der Waals surface area contributed by atoms with E-state index in [2.05, 4.69) is 11.4 Å². The number of fused-ring (bicyclic) bond motifs is 1. The summed E-state index contributed by atoms with van der Waals surface area (Å²) < 4.78 is 0. The molecule has 0 aromatic heterocycles. The fourth-order valence-electron chi connectivity index (χ4n) is 1.24. The molecule has 2 rings (SSSR count). The fourth-order valence-corrected chi connectivity index (χ4v) is 1.24. The Bertz CT molecular complexity index is 362. The Morgan fingerprint density at radius 1 is 1.38 bits per heavy atom. The van der Waals surface area contributed by atoms with E-state index < -0.39 is 0 Å². The van der Waals surface area contributed by atoms with Crippen molar-refractivity contribution in [2.45, 2.75) is 6.42 Å². The van der Waals surface area contributed by atoms with Crippen LogP contribution in [0.5, 0.6) is 0 Å². The van der Waals surface area contributed by atoms with Crippen molar-refractivity contribution < 1.29 is 61.0 Å². The van der Waals surface area contributed by atoms with E-state index in [1.165, 1.54) is 0 Å². The molecule has 0 aliphatic carbocycles. The minimum absolute atomic E-state index is 0. The SMILES string of the molecule is O=C1Cc2c[c-]ccc2C(=O)N1.[K+]. The molecule has 1 N–H and O–H groups in total. The molecule has 0 saturated heterocycles. The average Bonchev–Trinajstić information content (AvgIpc) is 2.04. The van der Waals surface area contributed by atoms with E-state index in [1.807, 2.05) is 0 Å². The second-order valence-electron chi connectivity index (χ2n) is 2.64. The van der Waals surface area contributed by atoms with Gasteiger partial charge in [0, 0.05) is 6.42 Å². The molecule has 2 amide bonds. The summed E-state index contributed by atoms with van der Waals surface area (Å²) in [4.78, 5) is 22.0. The maximum atomic E-state index is 11.2. The molecule has 13 heavy (non-hydrogen) atoms. The van der Waals surface area contributed by atoms with Gasteiger partial charge in [-0.1, -0.05) is 5.56 Å². The van der Waals surface area contributed by atoms with Crippen LogP contribution in [0.25, 0.3) is 0 Å². The molecule has 0 saturated carbocycles. The fraction of sp³-hybridized carbons (Fsp3) is 0.111. The van der Waals surface area contributed by atoms with Gasteiger partial charge in [-0.3, -0.25) is 14.9 Å². The summed E-state index contributed by atoms with van der Waals surface area (Å²) in [5.74, 6) is -0.553. The molecule has 0 fully saturated rings. The summed E-state index contributed by atoms with van der Waals surface area (Å²) in [5.41, 5.74) is 1.33. The molecule has 1 heterocycles. The number of amides is 2. The van der Waals surface area contributed by atoms with E-state index in [9.17, 15) is 9.59 Å². The predicted molar refractivity (Wildman–Crippen MR) is 41.5 cm³/mol. The van der Waals surface area contributed by atoms with Gasteiger partial charge in [0.15, 0.2) is 0 Å². The molecule has 4 heteroatoms. The van der Waals surface area contributed by atoms with Crippen molar-refractivity contribution in [3.8, 4) is 0 Å². The van der Waals surface area contributed by atoms with Crippen molar-refractivity contribution >= 4 is 11.8 Å². The summed E-state index contributed by atoms with van der Waals surface area (Å²) in [7, 11) is 0. The van der Waals surface area contributed by atoms with Crippen molar-refractivity contribution in [2.24, 2.45) is 0 Å². The van der Waals surface area contributed by atoms with Gasteiger partial charge in [0.2, 0.25) is 11.8 Å². The number of nitrogens with one attached hydrogen (secondary N) is 1. The normalized spacial score (nSPS) is 14.2. The van der Waals surface area contributed by atoms with E-state index in [1.54, 1.807) is 18.2 Å². The number of hydrogen-bond donors (Lipinski definition) is 1. The molecule has 60 valence electrons. The van der Waals surface area contributed by atoms with E-state index in [-0.39, 0.29) is 69.6 Å². The summed E-state index contributed by atoms with van der Waals surface area (Å²) >= 11 is 0. The van der Waals surface area contributed by atoms with Gasteiger partial charge in [-0.25, -0.2) is 0 Å². The first-order valence-corrected chi connectivity index (χ1v) is 3.60. The monoisotopic (exact) mass is 199 g/mol. The third-order valence-electron chi connectivity index (χ3n) is 1.80. The van der Waals surface area contributed by atoms with Crippen molar-refractivity contribution in [2.75, 3.05) is 0 Å². The van der Waals surface area contributed by atoms with Crippen LogP contribution < -0.4 is 56.7 Å². The summed E-state index contributed by atoms with van der Waals surface area (Å²) in [6.45, 7) is 0. The molecule has 1 aliphatic heterocycles. The molecule has 1 aliphatic rings. The standard InChI is InChI=1S/C9H6NO2.K/c11-8-5-6-3-1-2-4-7(6)9(12)10-8;/h2-4H,5H2,(H,10,11,12);/q-1;+1. The summed E-state index contributed by atoms with van der Waals surface area (Å²) in [6.07, 6.45) is 0.276. The molecular weight excluding hydrogens is 193 g/mol. The number of benzene rings is 1. The molecule has 0 spiro atoms. The van der Waals surface area contributed by atoms with Gasteiger partial charge in [-0.15, -0.1) is 5.56 Å². The number of imide groups is 1. The van der Waals surface area contributed by atoms with Crippen molar-refractivity contribution in [3.05, 3.63) is 35.4 Å². The van der Waals surface area contributed by atoms with Crippen LogP contribution in [0.3, 0.4) is 0 Å². The van der Waals surface area contributed by atoms with Crippen LogP contribution in [-0.2, 0) is 11.2 Å². The van der Waals surface area contributed by atoms with E-state index in [4.69, 9.17) is 0 Å². The Balaban J connectivity index is 0.000000845. The van der Waals surface area contributed by atoms with Crippen LogP contribution in [-0.4, -0.2) is 11.8 Å². The smallest absolute Gasteiger partial charge is 0.295 e. The zero-order valence-electron chi connectivity index (χ0n) is 7.26. The maximum Gasteiger partial charge on any atom is 1.00 e. The molecule has 0 unspecified atom stereocenters. The van der Waals surface area contributed by atoms with Crippen LogP contribution in [0.1, 0.15) is 15.9 Å². The topological polar surface area (TPSA) is 46.2 Å². The van der Waals surface area contributed by atoms with Crippen LogP contribution in [0.15, 0.2) is 18.2 Å². The zero-order valence-corrected chi connectivity index (χ0v) is 10.4. The molecular formula is C9H6KNO2. The minimum atomic E-state index is -0.310. The van der Waals surface area contributed by atoms with Crippen LogP contribution in [0.4, 0.5) is 0 Å². The van der Waals surface area contributed by atoms with E-state index >= 15 is 0 Å². The second kappa shape index (κ2) is 4.48. The van der Waals surface area contributed by atoms with Crippen molar-refractivity contribution in [1.29, 1.82) is 0 Å². The van der Waals surface area contributed by atoms with Crippen LogP contribution in [0, 0.1) is 6.07 Å². The van der Waals surface area contributed by atoms with Crippen LogP contribution >= 0.6 is 0 Å². The third-order valence-corrected chi connectivity index (χ3v) is 1.80. The van der Waals surface area contributed by atoms with Crippen molar-refractivity contribution in [3.63, 3.8) is 0 Å². The first-order chi connectivity index (χ1) is 5.77. The predicted octanol–water partition coefficient (Wildman–Crippen LogP) is -2.70.